The molecule has 2 aliphatic heterocycles. The molecule has 0 bridgehead atoms. The molecular weight excluding hydrogens is 380 g/mol. The van der Waals surface area contributed by atoms with Crippen molar-refractivity contribution in [3.05, 3.63) is 23.8 Å². The fourth-order valence-corrected chi connectivity index (χ4v) is 4.78. The van der Waals surface area contributed by atoms with Crippen LogP contribution in [-0.2, 0) is 16.0 Å². The number of nitrogens with zero attached hydrogens (tertiary/aromatic N) is 2. The predicted molar refractivity (Wildman–Crippen MR) is 117 cm³/mol. The highest BCUT2D eigenvalue weighted by Crippen LogP contribution is 2.35. The van der Waals surface area contributed by atoms with E-state index in [1.165, 1.54) is 0 Å². The Bertz CT molecular complexity index is 771. The van der Waals surface area contributed by atoms with Gasteiger partial charge in [0, 0.05) is 38.0 Å². The fraction of sp³-hybridized carbons (Fsp3) is 0.667. The number of benzene rings is 1. The summed E-state index contributed by atoms with van der Waals surface area (Å²) in [7, 11) is 3.28. The largest absolute Gasteiger partial charge is 0.493 e. The second kappa shape index (κ2) is 9.27. The predicted octanol–water partition coefficient (Wildman–Crippen LogP) is 3.38. The Labute approximate surface area is 180 Å². The van der Waals surface area contributed by atoms with Crippen molar-refractivity contribution in [3.8, 4) is 11.5 Å². The first kappa shape index (κ1) is 22.4. The van der Waals surface area contributed by atoms with E-state index in [4.69, 9.17) is 9.47 Å². The third-order valence-corrected chi connectivity index (χ3v) is 6.52. The highest BCUT2D eigenvalue weighted by molar-refractivity contribution is 5.81. The van der Waals surface area contributed by atoms with Crippen LogP contribution in [0.5, 0.6) is 11.5 Å². The Balaban J connectivity index is 1.63. The van der Waals surface area contributed by atoms with Crippen molar-refractivity contribution in [3.63, 3.8) is 0 Å². The van der Waals surface area contributed by atoms with Gasteiger partial charge in [0.2, 0.25) is 11.8 Å². The molecule has 6 nitrogen and oxygen atoms in total. The average molecular weight is 417 g/mol. The van der Waals surface area contributed by atoms with E-state index in [0.29, 0.717) is 30.6 Å². The Kier molecular flexibility index (Phi) is 6.94. The number of carbonyl (C=O) groups excluding carboxylic acids is 2. The molecule has 2 aliphatic rings. The number of hydrogen-bond donors (Lipinski definition) is 0. The zero-order chi connectivity index (χ0) is 21.9. The lowest BCUT2D eigenvalue weighted by Crippen LogP contribution is -2.47. The van der Waals surface area contributed by atoms with Crippen molar-refractivity contribution in [2.24, 2.45) is 17.3 Å². The summed E-state index contributed by atoms with van der Waals surface area (Å²) in [6, 6.07) is 5.87. The molecule has 0 aromatic heterocycles. The smallest absolute Gasteiger partial charge is 0.227 e. The number of piperidine rings is 1. The van der Waals surface area contributed by atoms with Crippen LogP contribution in [0.1, 0.15) is 45.6 Å². The van der Waals surface area contributed by atoms with Crippen molar-refractivity contribution in [1.29, 1.82) is 0 Å². The molecule has 0 spiro atoms. The van der Waals surface area contributed by atoms with Crippen LogP contribution in [0.25, 0.3) is 0 Å². The van der Waals surface area contributed by atoms with Crippen LogP contribution in [-0.4, -0.2) is 62.0 Å². The number of likely N-dealkylation sites (tertiary alicyclic amines) is 2. The van der Waals surface area contributed by atoms with E-state index >= 15 is 0 Å². The maximum Gasteiger partial charge on any atom is 0.227 e. The first-order valence-corrected chi connectivity index (χ1v) is 11.0. The molecule has 30 heavy (non-hydrogen) atoms. The van der Waals surface area contributed by atoms with E-state index in [1.54, 1.807) is 14.2 Å². The monoisotopic (exact) mass is 416 g/mol. The number of amides is 2. The lowest BCUT2D eigenvalue weighted by molar-refractivity contribution is -0.142. The molecule has 166 valence electrons. The number of hydrogen-bond acceptors (Lipinski definition) is 4. The molecule has 2 saturated heterocycles. The molecule has 3 rings (SSSR count). The molecular formula is C24H36N2O4. The van der Waals surface area contributed by atoms with Gasteiger partial charge in [-0.2, -0.15) is 0 Å². The Morgan fingerprint density at radius 3 is 2.50 bits per heavy atom. The lowest BCUT2D eigenvalue weighted by atomic mass is 9.81. The summed E-state index contributed by atoms with van der Waals surface area (Å²) in [6.45, 7) is 8.92. The van der Waals surface area contributed by atoms with Crippen LogP contribution in [0.4, 0.5) is 0 Å². The minimum atomic E-state index is -0.352. The molecule has 6 heteroatoms. The molecule has 2 unspecified atom stereocenters. The normalized spacial score (nSPS) is 22.4. The third-order valence-electron chi connectivity index (χ3n) is 6.52. The number of carbonyl (C=O) groups is 2. The Morgan fingerprint density at radius 2 is 1.83 bits per heavy atom. The second-order valence-electron chi connectivity index (χ2n) is 9.59. The first-order chi connectivity index (χ1) is 14.2. The van der Waals surface area contributed by atoms with Crippen molar-refractivity contribution >= 4 is 11.8 Å². The molecule has 1 aromatic carbocycles. The van der Waals surface area contributed by atoms with Gasteiger partial charge in [0.05, 0.1) is 14.2 Å². The van der Waals surface area contributed by atoms with Gasteiger partial charge >= 0.3 is 0 Å². The van der Waals surface area contributed by atoms with Gasteiger partial charge < -0.3 is 19.3 Å². The van der Waals surface area contributed by atoms with Gasteiger partial charge in [-0.05, 0) is 42.7 Å². The molecule has 2 fully saturated rings. The Hall–Kier alpha value is -2.24. The number of fused-ring (bicyclic) bond motifs is 1. The van der Waals surface area contributed by atoms with E-state index in [0.717, 1.165) is 50.2 Å². The van der Waals surface area contributed by atoms with E-state index in [9.17, 15) is 9.59 Å². The van der Waals surface area contributed by atoms with Crippen LogP contribution in [0.2, 0.25) is 0 Å². The third kappa shape index (κ3) is 4.90. The fourth-order valence-electron chi connectivity index (χ4n) is 4.78. The maximum absolute atomic E-state index is 12.9. The van der Waals surface area contributed by atoms with Gasteiger partial charge in [0.15, 0.2) is 11.5 Å². The van der Waals surface area contributed by atoms with Gasteiger partial charge in [-0.15, -0.1) is 0 Å². The van der Waals surface area contributed by atoms with Crippen molar-refractivity contribution < 1.29 is 19.1 Å². The molecule has 2 atom stereocenters. The molecule has 0 radical (unpaired) electrons. The summed E-state index contributed by atoms with van der Waals surface area (Å²) < 4.78 is 10.9. The van der Waals surface area contributed by atoms with Crippen molar-refractivity contribution in [2.45, 2.75) is 46.5 Å². The standard InChI is InChI=1S/C24H36N2O4/c1-24(2,3)23(28)26-14-10-18-15-21(27)25(13-11-19(18)16-26)12-9-17-7-6-8-20(29-4)22(17)30-5/h6-8,18-19H,9-16H2,1-5H3. The number of para-hydroxylation sites is 1. The van der Waals surface area contributed by atoms with Crippen LogP contribution in [0.15, 0.2) is 18.2 Å². The van der Waals surface area contributed by atoms with Gasteiger partial charge in [-0.3, -0.25) is 9.59 Å². The van der Waals surface area contributed by atoms with Crippen LogP contribution < -0.4 is 9.47 Å². The SMILES string of the molecule is COc1cccc(CCN2CCC3CN(C(=O)C(C)(C)C)CCC3CC2=O)c1OC. The summed E-state index contributed by atoms with van der Waals surface area (Å²) in [4.78, 5) is 29.6. The zero-order valence-electron chi connectivity index (χ0n) is 19.1. The first-order valence-electron chi connectivity index (χ1n) is 11.0. The van der Waals surface area contributed by atoms with E-state index < -0.39 is 0 Å². The van der Waals surface area contributed by atoms with Crippen molar-refractivity contribution in [2.75, 3.05) is 40.4 Å². The van der Waals surface area contributed by atoms with Gasteiger partial charge in [0.25, 0.3) is 0 Å². The summed E-state index contributed by atoms with van der Waals surface area (Å²) in [6.07, 6.45) is 3.21. The summed E-state index contributed by atoms with van der Waals surface area (Å²) in [5.41, 5.74) is 0.697. The van der Waals surface area contributed by atoms with E-state index in [2.05, 4.69) is 0 Å². The van der Waals surface area contributed by atoms with Crippen molar-refractivity contribution in [1.82, 2.24) is 9.80 Å². The minimum absolute atomic E-state index is 0.221. The van der Waals surface area contributed by atoms with Crippen LogP contribution in [0.3, 0.4) is 0 Å². The van der Waals surface area contributed by atoms with Gasteiger partial charge in [-0.1, -0.05) is 32.9 Å². The molecule has 0 saturated carbocycles. The van der Waals surface area contributed by atoms with Gasteiger partial charge in [-0.25, -0.2) is 0 Å². The maximum atomic E-state index is 12.9. The molecule has 2 heterocycles. The number of ether oxygens (including phenoxy) is 2. The lowest BCUT2D eigenvalue weighted by Gasteiger charge is -2.40. The number of rotatable bonds is 5. The Morgan fingerprint density at radius 1 is 1.10 bits per heavy atom. The van der Waals surface area contributed by atoms with E-state index in [-0.39, 0.29) is 17.2 Å². The van der Waals surface area contributed by atoms with Crippen LogP contribution >= 0.6 is 0 Å². The quantitative estimate of drug-likeness (QED) is 0.738. The highest BCUT2D eigenvalue weighted by atomic mass is 16.5. The van der Waals surface area contributed by atoms with Gasteiger partial charge in [0.1, 0.15) is 0 Å². The van der Waals surface area contributed by atoms with E-state index in [1.807, 2.05) is 48.8 Å². The summed E-state index contributed by atoms with van der Waals surface area (Å²) in [5.74, 6) is 2.71. The molecule has 0 N–H and O–H groups in total. The minimum Gasteiger partial charge on any atom is -0.493 e. The topological polar surface area (TPSA) is 59.1 Å². The zero-order valence-corrected chi connectivity index (χ0v) is 19.1. The second-order valence-corrected chi connectivity index (χ2v) is 9.59. The molecule has 2 amide bonds. The summed E-state index contributed by atoms with van der Waals surface area (Å²) >= 11 is 0. The average Bonchev–Trinajstić information content (AvgIpc) is 2.88. The number of methoxy groups -OCH3 is 2. The molecule has 1 aromatic rings. The summed E-state index contributed by atoms with van der Waals surface area (Å²) in [5, 5.41) is 0. The van der Waals surface area contributed by atoms with Crippen LogP contribution in [0, 0.1) is 17.3 Å². The highest BCUT2D eigenvalue weighted by Gasteiger charge is 2.38. The molecule has 0 aliphatic carbocycles.